The second-order valence-corrected chi connectivity index (χ2v) is 5.16. The maximum Gasteiger partial charge on any atom is 0.306 e. The minimum absolute atomic E-state index is 0.212. The summed E-state index contributed by atoms with van der Waals surface area (Å²) in [5.41, 5.74) is 2.54. The van der Waals surface area contributed by atoms with Gasteiger partial charge in [-0.2, -0.15) is 0 Å². The van der Waals surface area contributed by atoms with Gasteiger partial charge in [0.1, 0.15) is 16.7 Å². The van der Waals surface area contributed by atoms with Crippen molar-refractivity contribution in [2.24, 2.45) is 5.84 Å². The van der Waals surface area contributed by atoms with Crippen molar-refractivity contribution in [2.75, 3.05) is 18.3 Å². The fraction of sp³-hybridized carbons (Fsp3) is 0.545. The zero-order chi connectivity index (χ0) is 13.0. The number of anilines is 1. The summed E-state index contributed by atoms with van der Waals surface area (Å²) in [6.07, 6.45) is 2.65. The first-order chi connectivity index (χ1) is 8.72. The number of rotatable bonds is 6. The molecule has 1 aromatic heterocycles. The maximum atomic E-state index is 11.0. The second kappa shape index (κ2) is 6.01. The zero-order valence-electron chi connectivity index (χ0n) is 10.2. The zero-order valence-corrected chi connectivity index (χ0v) is 11.0. The Morgan fingerprint density at radius 3 is 3.00 bits per heavy atom. The van der Waals surface area contributed by atoms with E-state index < -0.39 is 0 Å². The van der Waals surface area contributed by atoms with E-state index in [1.807, 2.05) is 0 Å². The Morgan fingerprint density at radius 1 is 1.61 bits per heavy atom. The van der Waals surface area contributed by atoms with Gasteiger partial charge in [0.15, 0.2) is 0 Å². The van der Waals surface area contributed by atoms with Crippen LogP contribution in [0, 0.1) is 0 Å². The topological polar surface area (TPSA) is 90.1 Å². The molecule has 0 bridgehead atoms. The lowest BCUT2D eigenvalue weighted by Crippen LogP contribution is -2.10. The summed E-state index contributed by atoms with van der Waals surface area (Å²) in [6.45, 7) is 0. The van der Waals surface area contributed by atoms with E-state index in [4.69, 9.17) is 5.84 Å². The number of hydrogen-bond donors (Lipinski definition) is 2. The van der Waals surface area contributed by atoms with E-state index in [1.54, 1.807) is 6.07 Å². The number of thioether (sulfide) groups is 1. The summed E-state index contributed by atoms with van der Waals surface area (Å²) in [4.78, 5) is 19.8. The van der Waals surface area contributed by atoms with Crippen molar-refractivity contribution < 1.29 is 9.53 Å². The summed E-state index contributed by atoms with van der Waals surface area (Å²) in [7, 11) is 1.39. The monoisotopic (exact) mass is 268 g/mol. The molecule has 2 rings (SSSR count). The smallest absolute Gasteiger partial charge is 0.306 e. The number of methoxy groups -OCH3 is 1. The molecule has 1 fully saturated rings. The number of nitrogens with one attached hydrogen (secondary N) is 1. The van der Waals surface area contributed by atoms with Gasteiger partial charge < -0.3 is 10.2 Å². The van der Waals surface area contributed by atoms with E-state index in [1.165, 1.54) is 18.9 Å². The van der Waals surface area contributed by atoms with Crippen LogP contribution < -0.4 is 11.3 Å². The van der Waals surface area contributed by atoms with Crippen molar-refractivity contribution in [3.8, 4) is 0 Å². The lowest BCUT2D eigenvalue weighted by atomic mass is 10.4. The highest BCUT2D eigenvalue weighted by Crippen LogP contribution is 2.39. The normalized spacial score (nSPS) is 14.3. The van der Waals surface area contributed by atoms with E-state index in [-0.39, 0.29) is 5.97 Å². The standard InChI is InChI=1S/C11H16N4O2S/c1-17-10(16)4-5-18-9-6-8(15-12)13-11(14-9)7-2-3-7/h6-7H,2-5,12H2,1H3,(H,13,14,15). The number of carbonyl (C=O) groups excluding carboxylic acids is 1. The molecule has 1 aromatic rings. The SMILES string of the molecule is COC(=O)CCSc1cc(NN)nc(C2CC2)n1. The fourth-order valence-corrected chi connectivity index (χ4v) is 2.29. The third-order valence-corrected chi connectivity index (χ3v) is 3.51. The highest BCUT2D eigenvalue weighted by molar-refractivity contribution is 7.99. The Bertz CT molecular complexity index is 437. The van der Waals surface area contributed by atoms with Gasteiger partial charge in [-0.1, -0.05) is 0 Å². The number of aromatic nitrogens is 2. The molecular formula is C11H16N4O2S. The number of nitrogen functional groups attached to an aromatic ring is 1. The number of hydrazine groups is 1. The van der Waals surface area contributed by atoms with Gasteiger partial charge in [0.05, 0.1) is 13.5 Å². The van der Waals surface area contributed by atoms with Gasteiger partial charge in [0.25, 0.3) is 0 Å². The van der Waals surface area contributed by atoms with Crippen LogP contribution in [0.25, 0.3) is 0 Å². The largest absolute Gasteiger partial charge is 0.469 e. The molecule has 0 aliphatic heterocycles. The van der Waals surface area contributed by atoms with Gasteiger partial charge >= 0.3 is 5.97 Å². The second-order valence-electron chi connectivity index (χ2n) is 4.04. The van der Waals surface area contributed by atoms with Crippen molar-refractivity contribution in [1.29, 1.82) is 0 Å². The molecule has 1 saturated carbocycles. The minimum atomic E-state index is -0.212. The first-order valence-corrected chi connectivity index (χ1v) is 6.76. The Hall–Kier alpha value is -1.34. The minimum Gasteiger partial charge on any atom is -0.469 e. The third-order valence-electron chi connectivity index (χ3n) is 2.59. The van der Waals surface area contributed by atoms with Crippen molar-refractivity contribution >= 4 is 23.5 Å². The highest BCUT2D eigenvalue weighted by Gasteiger charge is 2.27. The molecule has 0 unspecified atom stereocenters. The van der Waals surface area contributed by atoms with Gasteiger partial charge in [0, 0.05) is 17.7 Å². The molecule has 1 aliphatic rings. The van der Waals surface area contributed by atoms with E-state index in [0.29, 0.717) is 23.9 Å². The number of carbonyl (C=O) groups is 1. The van der Waals surface area contributed by atoms with Crippen LogP contribution in [0.3, 0.4) is 0 Å². The summed E-state index contributed by atoms with van der Waals surface area (Å²) < 4.78 is 4.59. The van der Waals surface area contributed by atoms with E-state index >= 15 is 0 Å². The number of esters is 1. The molecule has 0 spiro atoms. The number of hydrogen-bond acceptors (Lipinski definition) is 7. The molecule has 6 nitrogen and oxygen atoms in total. The number of nitrogens with two attached hydrogens (primary N) is 1. The molecule has 1 aliphatic carbocycles. The molecule has 18 heavy (non-hydrogen) atoms. The van der Waals surface area contributed by atoms with Crippen molar-refractivity contribution in [3.05, 3.63) is 11.9 Å². The lowest BCUT2D eigenvalue weighted by Gasteiger charge is -2.06. The number of ether oxygens (including phenoxy) is 1. The quantitative estimate of drug-likeness (QED) is 0.264. The van der Waals surface area contributed by atoms with Gasteiger partial charge in [-0.05, 0) is 12.8 Å². The van der Waals surface area contributed by atoms with Crippen LogP contribution >= 0.6 is 11.8 Å². The van der Waals surface area contributed by atoms with Crippen molar-refractivity contribution in [2.45, 2.75) is 30.2 Å². The highest BCUT2D eigenvalue weighted by atomic mass is 32.2. The van der Waals surface area contributed by atoms with Gasteiger partial charge in [-0.3, -0.25) is 4.79 Å². The Labute approximate surface area is 110 Å². The molecule has 1 heterocycles. The van der Waals surface area contributed by atoms with Crippen LogP contribution in [0.2, 0.25) is 0 Å². The summed E-state index contributed by atoms with van der Waals surface area (Å²) >= 11 is 1.51. The van der Waals surface area contributed by atoms with Crippen molar-refractivity contribution in [1.82, 2.24) is 9.97 Å². The van der Waals surface area contributed by atoms with Crippen LogP contribution in [0.4, 0.5) is 5.82 Å². The predicted octanol–water partition coefficient (Wildman–Crippen LogP) is 1.29. The van der Waals surface area contributed by atoms with Crippen LogP contribution in [0.1, 0.15) is 31.0 Å². The Morgan fingerprint density at radius 2 is 2.39 bits per heavy atom. The van der Waals surface area contributed by atoms with Crippen molar-refractivity contribution in [3.63, 3.8) is 0 Å². The molecular weight excluding hydrogens is 252 g/mol. The summed E-state index contributed by atoms with van der Waals surface area (Å²) in [5.74, 6) is 7.74. The summed E-state index contributed by atoms with van der Waals surface area (Å²) in [5, 5.41) is 0.837. The molecule has 0 saturated heterocycles. The maximum absolute atomic E-state index is 11.0. The van der Waals surface area contributed by atoms with Gasteiger partial charge in [-0.15, -0.1) is 11.8 Å². The molecule has 0 amide bonds. The average molecular weight is 268 g/mol. The van der Waals surface area contributed by atoms with Crippen LogP contribution in [0.15, 0.2) is 11.1 Å². The fourth-order valence-electron chi connectivity index (χ4n) is 1.46. The summed E-state index contributed by atoms with van der Waals surface area (Å²) in [6, 6.07) is 1.79. The third kappa shape index (κ3) is 3.58. The molecule has 0 radical (unpaired) electrons. The molecule has 3 N–H and O–H groups in total. The molecule has 7 heteroatoms. The first-order valence-electron chi connectivity index (χ1n) is 5.78. The molecule has 98 valence electrons. The van der Waals surface area contributed by atoms with E-state index in [0.717, 1.165) is 23.7 Å². The number of nitrogens with zero attached hydrogens (tertiary/aromatic N) is 2. The Balaban J connectivity index is 1.98. The van der Waals surface area contributed by atoms with Crippen LogP contribution in [0.5, 0.6) is 0 Å². The average Bonchev–Trinajstić information content (AvgIpc) is 3.22. The molecule has 0 aromatic carbocycles. The van der Waals surface area contributed by atoms with Crippen LogP contribution in [-0.4, -0.2) is 28.8 Å². The van der Waals surface area contributed by atoms with E-state index in [9.17, 15) is 4.79 Å². The van der Waals surface area contributed by atoms with Gasteiger partial charge in [0.2, 0.25) is 0 Å². The predicted molar refractivity (Wildman–Crippen MR) is 69.2 cm³/mol. The first kappa shape index (κ1) is 13.1. The molecule has 0 atom stereocenters. The van der Waals surface area contributed by atoms with Gasteiger partial charge in [-0.25, -0.2) is 15.8 Å². The lowest BCUT2D eigenvalue weighted by molar-refractivity contribution is -0.140. The Kier molecular flexibility index (Phi) is 4.38. The van der Waals surface area contributed by atoms with Crippen LogP contribution in [-0.2, 0) is 9.53 Å². The van der Waals surface area contributed by atoms with E-state index in [2.05, 4.69) is 20.1 Å².